The molecule has 0 spiro atoms. The summed E-state index contributed by atoms with van der Waals surface area (Å²) in [4.78, 5) is 32.2. The Bertz CT molecular complexity index is 746. The van der Waals surface area contributed by atoms with Gasteiger partial charge in [0.25, 0.3) is 11.6 Å². The number of benzene rings is 2. The molecule has 1 amide bonds. The smallest absolute Gasteiger partial charge is 0.271 e. The molecule has 0 aliphatic heterocycles. The number of hydrogen-bond acceptors (Lipinski definition) is 5. The van der Waals surface area contributed by atoms with E-state index in [1.54, 1.807) is 0 Å². The molecular weight excluding hydrogens is 307 g/mol. The Kier molecular flexibility index (Phi) is 4.98. The zero-order chi connectivity index (χ0) is 16.8. The Balaban J connectivity index is 1.97. The molecule has 0 heterocycles. The normalized spacial score (nSPS) is 9.96. The molecule has 2 rings (SSSR count). The van der Waals surface area contributed by atoms with Crippen molar-refractivity contribution >= 4 is 23.6 Å². The summed E-state index contributed by atoms with van der Waals surface area (Å²) in [5, 5.41) is 12.8. The number of hydrogen-bond donors (Lipinski definition) is 1. The maximum absolute atomic E-state index is 13.5. The number of non-ortho nitro benzene ring substituents is 1. The van der Waals surface area contributed by atoms with Crippen LogP contribution in [0.3, 0.4) is 0 Å². The fraction of sp³-hybridized carbons (Fsp3) is 0.0667. The molecule has 2 aromatic rings. The maximum Gasteiger partial charge on any atom is 0.271 e. The van der Waals surface area contributed by atoms with Crippen LogP contribution in [0, 0.1) is 15.9 Å². The molecule has 0 bridgehead atoms. The van der Waals surface area contributed by atoms with Crippen molar-refractivity contribution in [1.82, 2.24) is 0 Å². The number of nitro benzene ring substituents is 1. The first-order valence-corrected chi connectivity index (χ1v) is 6.41. The van der Waals surface area contributed by atoms with Gasteiger partial charge in [0.15, 0.2) is 6.61 Å². The maximum atomic E-state index is 13.5. The van der Waals surface area contributed by atoms with Crippen molar-refractivity contribution < 1.29 is 23.6 Å². The first-order valence-electron chi connectivity index (χ1n) is 6.41. The van der Waals surface area contributed by atoms with Crippen LogP contribution in [0.15, 0.2) is 42.5 Å². The van der Waals surface area contributed by atoms with Crippen molar-refractivity contribution in [3.63, 3.8) is 0 Å². The molecule has 0 saturated heterocycles. The lowest BCUT2D eigenvalue weighted by Gasteiger charge is -2.08. The summed E-state index contributed by atoms with van der Waals surface area (Å²) in [6.45, 7) is -0.414. The second-order valence-corrected chi connectivity index (χ2v) is 4.44. The van der Waals surface area contributed by atoms with Crippen molar-refractivity contribution in [2.45, 2.75) is 0 Å². The number of ether oxygens (including phenoxy) is 1. The molecule has 7 nitrogen and oxygen atoms in total. The molecule has 0 aromatic heterocycles. The lowest BCUT2D eigenvalue weighted by molar-refractivity contribution is -0.384. The molecule has 0 atom stereocenters. The molecule has 23 heavy (non-hydrogen) atoms. The van der Waals surface area contributed by atoms with E-state index in [0.717, 1.165) is 18.2 Å². The van der Waals surface area contributed by atoms with Crippen molar-refractivity contribution in [2.24, 2.45) is 0 Å². The monoisotopic (exact) mass is 318 g/mol. The Labute approximate surface area is 129 Å². The molecule has 1 N–H and O–H groups in total. The summed E-state index contributed by atoms with van der Waals surface area (Å²) in [5.74, 6) is -1.12. The minimum atomic E-state index is -0.792. The summed E-state index contributed by atoms with van der Waals surface area (Å²) in [5.41, 5.74) is -0.184. The Morgan fingerprint density at radius 1 is 1.26 bits per heavy atom. The average molecular weight is 318 g/mol. The SMILES string of the molecule is O=Cc1ccc(OCC(=O)Nc2cc([N+](=O)[O-])ccc2F)cc1. The van der Waals surface area contributed by atoms with Gasteiger partial charge in [-0.2, -0.15) is 0 Å². The van der Waals surface area contributed by atoms with E-state index in [-0.39, 0.29) is 11.4 Å². The second-order valence-electron chi connectivity index (χ2n) is 4.44. The highest BCUT2D eigenvalue weighted by Gasteiger charge is 2.13. The summed E-state index contributed by atoms with van der Waals surface area (Å²) in [7, 11) is 0. The van der Waals surface area contributed by atoms with Crippen molar-refractivity contribution in [1.29, 1.82) is 0 Å². The van der Waals surface area contributed by atoms with Gasteiger partial charge >= 0.3 is 0 Å². The molecule has 0 aliphatic carbocycles. The van der Waals surface area contributed by atoms with E-state index in [2.05, 4.69) is 5.32 Å². The molecule has 0 unspecified atom stereocenters. The number of aldehydes is 1. The van der Waals surface area contributed by atoms with E-state index in [1.165, 1.54) is 24.3 Å². The molecule has 2 aromatic carbocycles. The lowest BCUT2D eigenvalue weighted by atomic mass is 10.2. The highest BCUT2D eigenvalue weighted by molar-refractivity contribution is 5.92. The largest absolute Gasteiger partial charge is 0.484 e. The van der Waals surface area contributed by atoms with Gasteiger partial charge in [0.2, 0.25) is 0 Å². The van der Waals surface area contributed by atoms with Crippen LogP contribution in [0.4, 0.5) is 15.8 Å². The van der Waals surface area contributed by atoms with Crippen LogP contribution >= 0.6 is 0 Å². The predicted molar refractivity (Wildman–Crippen MR) is 79.0 cm³/mol. The molecular formula is C15H11FN2O5. The number of anilines is 1. The number of halogens is 1. The lowest BCUT2D eigenvalue weighted by Crippen LogP contribution is -2.20. The van der Waals surface area contributed by atoms with Crippen LogP contribution < -0.4 is 10.1 Å². The first-order chi connectivity index (χ1) is 11.0. The molecule has 0 aliphatic rings. The van der Waals surface area contributed by atoms with Gasteiger partial charge in [-0.05, 0) is 30.3 Å². The van der Waals surface area contributed by atoms with E-state index in [4.69, 9.17) is 4.74 Å². The Hall–Kier alpha value is -3.29. The van der Waals surface area contributed by atoms with E-state index in [9.17, 15) is 24.1 Å². The second kappa shape index (κ2) is 7.12. The van der Waals surface area contributed by atoms with Crippen LogP contribution in [-0.4, -0.2) is 23.7 Å². The quantitative estimate of drug-likeness (QED) is 0.501. The zero-order valence-corrected chi connectivity index (χ0v) is 11.7. The predicted octanol–water partition coefficient (Wildman–Crippen LogP) is 2.56. The van der Waals surface area contributed by atoms with Crippen LogP contribution in [0.25, 0.3) is 0 Å². The highest BCUT2D eigenvalue weighted by atomic mass is 19.1. The van der Waals surface area contributed by atoms with Crippen LogP contribution in [0.1, 0.15) is 10.4 Å². The average Bonchev–Trinajstić information content (AvgIpc) is 2.55. The Morgan fingerprint density at radius 3 is 2.57 bits per heavy atom. The van der Waals surface area contributed by atoms with E-state index in [0.29, 0.717) is 17.6 Å². The van der Waals surface area contributed by atoms with E-state index >= 15 is 0 Å². The molecule has 8 heteroatoms. The van der Waals surface area contributed by atoms with Gasteiger partial charge in [-0.1, -0.05) is 0 Å². The van der Waals surface area contributed by atoms with Gasteiger partial charge in [-0.25, -0.2) is 4.39 Å². The molecule has 0 saturated carbocycles. The summed E-state index contributed by atoms with van der Waals surface area (Å²) in [6, 6.07) is 8.85. The molecule has 118 valence electrons. The standard InChI is InChI=1S/C15H11FN2O5/c16-13-6-3-11(18(21)22)7-14(13)17-15(20)9-23-12-4-1-10(8-19)2-5-12/h1-8H,9H2,(H,17,20). The minimum Gasteiger partial charge on any atom is -0.484 e. The number of nitrogens with one attached hydrogen (secondary N) is 1. The molecule has 0 fully saturated rings. The van der Waals surface area contributed by atoms with Gasteiger partial charge in [0, 0.05) is 17.7 Å². The third-order valence-electron chi connectivity index (χ3n) is 2.82. The van der Waals surface area contributed by atoms with Gasteiger partial charge in [0.05, 0.1) is 10.6 Å². The number of rotatable bonds is 6. The summed E-state index contributed by atoms with van der Waals surface area (Å²) < 4.78 is 18.7. The summed E-state index contributed by atoms with van der Waals surface area (Å²) >= 11 is 0. The number of nitro groups is 1. The third-order valence-corrected chi connectivity index (χ3v) is 2.82. The molecule has 0 radical (unpaired) electrons. The number of amides is 1. The van der Waals surface area contributed by atoms with Crippen LogP contribution in [-0.2, 0) is 4.79 Å². The van der Waals surface area contributed by atoms with E-state index in [1.807, 2.05) is 0 Å². The van der Waals surface area contributed by atoms with Crippen molar-refractivity contribution in [3.05, 3.63) is 64.0 Å². The fourth-order valence-corrected chi connectivity index (χ4v) is 1.70. The number of nitrogens with zero attached hydrogens (tertiary/aromatic N) is 1. The third kappa shape index (κ3) is 4.34. The summed E-state index contributed by atoms with van der Waals surface area (Å²) in [6.07, 6.45) is 0.668. The Morgan fingerprint density at radius 2 is 1.96 bits per heavy atom. The zero-order valence-electron chi connectivity index (χ0n) is 11.7. The van der Waals surface area contributed by atoms with Crippen LogP contribution in [0.5, 0.6) is 5.75 Å². The van der Waals surface area contributed by atoms with Gasteiger partial charge in [-0.3, -0.25) is 19.7 Å². The van der Waals surface area contributed by atoms with Gasteiger partial charge in [0.1, 0.15) is 17.9 Å². The van der Waals surface area contributed by atoms with Crippen molar-refractivity contribution in [3.8, 4) is 5.75 Å². The first kappa shape index (κ1) is 16.1. The van der Waals surface area contributed by atoms with E-state index < -0.39 is 23.3 Å². The fourth-order valence-electron chi connectivity index (χ4n) is 1.70. The minimum absolute atomic E-state index is 0.302. The van der Waals surface area contributed by atoms with Gasteiger partial charge in [-0.15, -0.1) is 0 Å². The number of carbonyl (C=O) groups excluding carboxylic acids is 2. The number of carbonyl (C=O) groups is 2. The van der Waals surface area contributed by atoms with Crippen molar-refractivity contribution in [2.75, 3.05) is 11.9 Å². The highest BCUT2D eigenvalue weighted by Crippen LogP contribution is 2.21. The van der Waals surface area contributed by atoms with Crippen LogP contribution in [0.2, 0.25) is 0 Å². The van der Waals surface area contributed by atoms with Gasteiger partial charge < -0.3 is 10.1 Å². The topological polar surface area (TPSA) is 98.5 Å².